The number of rotatable bonds is 10. The molecule has 9 heteroatoms. The van der Waals surface area contributed by atoms with Crippen molar-refractivity contribution in [1.29, 1.82) is 0 Å². The zero-order valence-electron chi connectivity index (χ0n) is 20.2. The number of nitrogens with one attached hydrogen (secondary N) is 3. The van der Waals surface area contributed by atoms with E-state index < -0.39 is 0 Å². The zero-order valence-corrected chi connectivity index (χ0v) is 22.5. The summed E-state index contributed by atoms with van der Waals surface area (Å²) in [7, 11) is 6.48. The molecule has 33 heavy (non-hydrogen) atoms. The van der Waals surface area contributed by atoms with Crippen LogP contribution in [0.2, 0.25) is 0 Å². The lowest BCUT2D eigenvalue weighted by molar-refractivity contribution is -0.116. The Bertz CT molecular complexity index is 909. The Morgan fingerprint density at radius 1 is 0.939 bits per heavy atom. The SMILES string of the molecule is CN=C(NCc1cccc(NC(=O)CC(C)C)c1)NCc1cc(OC)c(OC)c(OC)c1.I. The van der Waals surface area contributed by atoms with Crippen LogP contribution in [0, 0.1) is 5.92 Å². The predicted molar refractivity (Wildman–Crippen MR) is 143 cm³/mol. The molecule has 3 N–H and O–H groups in total. The fourth-order valence-corrected chi connectivity index (χ4v) is 3.17. The van der Waals surface area contributed by atoms with Crippen LogP contribution in [0.25, 0.3) is 0 Å². The Morgan fingerprint density at radius 3 is 2.06 bits per heavy atom. The minimum Gasteiger partial charge on any atom is -0.493 e. The third kappa shape index (κ3) is 8.99. The van der Waals surface area contributed by atoms with Gasteiger partial charge in [0.15, 0.2) is 17.5 Å². The van der Waals surface area contributed by atoms with Crippen molar-refractivity contribution in [1.82, 2.24) is 10.6 Å². The first-order valence-corrected chi connectivity index (χ1v) is 10.5. The van der Waals surface area contributed by atoms with Crippen LogP contribution in [0.3, 0.4) is 0 Å². The van der Waals surface area contributed by atoms with Crippen molar-refractivity contribution in [3.8, 4) is 17.2 Å². The van der Waals surface area contributed by atoms with E-state index in [0.717, 1.165) is 16.8 Å². The van der Waals surface area contributed by atoms with E-state index in [1.165, 1.54) is 0 Å². The Kier molecular flexibility index (Phi) is 12.4. The van der Waals surface area contributed by atoms with Crippen LogP contribution < -0.4 is 30.2 Å². The number of carbonyl (C=O) groups is 1. The molecule has 182 valence electrons. The van der Waals surface area contributed by atoms with Gasteiger partial charge in [-0.05, 0) is 41.3 Å². The Morgan fingerprint density at radius 2 is 1.55 bits per heavy atom. The van der Waals surface area contributed by atoms with Crippen LogP contribution >= 0.6 is 24.0 Å². The maximum atomic E-state index is 12.0. The molecule has 0 aliphatic carbocycles. The van der Waals surface area contributed by atoms with Crippen LogP contribution in [0.5, 0.6) is 17.2 Å². The molecule has 0 atom stereocenters. The summed E-state index contributed by atoms with van der Waals surface area (Å²) in [5.41, 5.74) is 2.77. The van der Waals surface area contributed by atoms with Crippen molar-refractivity contribution in [2.45, 2.75) is 33.4 Å². The summed E-state index contributed by atoms with van der Waals surface area (Å²) in [6, 6.07) is 11.6. The van der Waals surface area contributed by atoms with Gasteiger partial charge < -0.3 is 30.2 Å². The van der Waals surface area contributed by atoms with Gasteiger partial charge in [-0.3, -0.25) is 9.79 Å². The van der Waals surface area contributed by atoms with Crippen LogP contribution in [0.1, 0.15) is 31.4 Å². The topological polar surface area (TPSA) is 93.2 Å². The molecule has 0 heterocycles. The summed E-state index contributed by atoms with van der Waals surface area (Å²) in [4.78, 5) is 16.3. The molecule has 2 rings (SSSR count). The van der Waals surface area contributed by atoms with E-state index in [9.17, 15) is 4.79 Å². The third-order valence-electron chi connectivity index (χ3n) is 4.67. The molecule has 0 aliphatic heterocycles. The van der Waals surface area contributed by atoms with Gasteiger partial charge in [0.2, 0.25) is 11.7 Å². The number of anilines is 1. The molecule has 0 saturated carbocycles. The third-order valence-corrected chi connectivity index (χ3v) is 4.67. The summed E-state index contributed by atoms with van der Waals surface area (Å²) in [5, 5.41) is 9.52. The molecule has 0 spiro atoms. The van der Waals surface area contributed by atoms with Gasteiger partial charge in [0.1, 0.15) is 0 Å². The van der Waals surface area contributed by atoms with Crippen molar-refractivity contribution in [2.24, 2.45) is 10.9 Å². The van der Waals surface area contributed by atoms with Crippen molar-refractivity contribution in [3.63, 3.8) is 0 Å². The lowest BCUT2D eigenvalue weighted by Gasteiger charge is -2.16. The second kappa shape index (κ2) is 14.5. The summed E-state index contributed by atoms with van der Waals surface area (Å²) < 4.78 is 16.2. The van der Waals surface area contributed by atoms with Gasteiger partial charge in [-0.1, -0.05) is 26.0 Å². The number of ether oxygens (including phenoxy) is 3. The molecule has 0 unspecified atom stereocenters. The number of carbonyl (C=O) groups excluding carboxylic acids is 1. The van der Waals surface area contributed by atoms with E-state index in [1.54, 1.807) is 28.4 Å². The molecule has 0 saturated heterocycles. The van der Waals surface area contributed by atoms with E-state index in [0.29, 0.717) is 48.6 Å². The molecular weight excluding hydrogens is 535 g/mol. The highest BCUT2D eigenvalue weighted by Crippen LogP contribution is 2.38. The zero-order chi connectivity index (χ0) is 23.5. The molecule has 0 aromatic heterocycles. The normalized spacial score (nSPS) is 10.8. The minimum absolute atomic E-state index is 0. The summed E-state index contributed by atoms with van der Waals surface area (Å²) in [5.74, 6) is 2.74. The number of guanidine groups is 1. The Balaban J connectivity index is 0.00000544. The average molecular weight is 570 g/mol. The molecule has 8 nitrogen and oxygen atoms in total. The molecular formula is C24H35IN4O4. The van der Waals surface area contributed by atoms with Crippen molar-refractivity contribution >= 4 is 41.5 Å². The predicted octanol–water partition coefficient (Wildman–Crippen LogP) is 4.18. The first-order valence-electron chi connectivity index (χ1n) is 10.5. The quantitative estimate of drug-likeness (QED) is 0.226. The van der Waals surface area contributed by atoms with Gasteiger partial charge in [-0.25, -0.2) is 0 Å². The van der Waals surface area contributed by atoms with E-state index in [2.05, 4.69) is 20.9 Å². The van der Waals surface area contributed by atoms with Gasteiger partial charge in [0.25, 0.3) is 0 Å². The molecule has 1 amide bonds. The average Bonchev–Trinajstić information content (AvgIpc) is 2.77. The highest BCUT2D eigenvalue weighted by molar-refractivity contribution is 14.0. The number of hydrogen-bond donors (Lipinski definition) is 3. The standard InChI is InChI=1S/C24H34N4O4.HI/c1-16(2)10-22(29)28-19-9-7-8-17(11-19)14-26-24(25-3)27-15-18-12-20(30-4)23(32-6)21(13-18)31-5;/h7-9,11-13,16H,10,14-15H2,1-6H3,(H,28,29)(H2,25,26,27);1H. The van der Waals surface area contributed by atoms with Gasteiger partial charge >= 0.3 is 0 Å². The van der Waals surface area contributed by atoms with Gasteiger partial charge in [-0.2, -0.15) is 0 Å². The maximum Gasteiger partial charge on any atom is 0.224 e. The first-order chi connectivity index (χ1) is 15.4. The van der Waals surface area contributed by atoms with Crippen LogP contribution in [-0.2, 0) is 17.9 Å². The fraction of sp³-hybridized carbons (Fsp3) is 0.417. The number of benzene rings is 2. The fourth-order valence-electron chi connectivity index (χ4n) is 3.17. The number of aliphatic imine (C=N–C) groups is 1. The summed E-state index contributed by atoms with van der Waals surface area (Å²) in [6.45, 7) is 5.12. The smallest absolute Gasteiger partial charge is 0.224 e. The number of methoxy groups -OCH3 is 3. The van der Waals surface area contributed by atoms with Crippen LogP contribution in [-0.4, -0.2) is 40.2 Å². The lowest BCUT2D eigenvalue weighted by Crippen LogP contribution is -2.36. The minimum atomic E-state index is 0. The molecule has 0 aliphatic rings. The molecule has 2 aromatic carbocycles. The number of halogens is 1. The maximum absolute atomic E-state index is 12.0. The van der Waals surface area contributed by atoms with Crippen molar-refractivity contribution in [2.75, 3.05) is 33.7 Å². The monoisotopic (exact) mass is 570 g/mol. The Labute approximate surface area is 213 Å². The second-order valence-corrected chi connectivity index (χ2v) is 7.66. The highest BCUT2D eigenvalue weighted by Gasteiger charge is 2.13. The largest absolute Gasteiger partial charge is 0.493 e. The van der Waals surface area contributed by atoms with E-state index >= 15 is 0 Å². The second-order valence-electron chi connectivity index (χ2n) is 7.66. The number of hydrogen-bond acceptors (Lipinski definition) is 5. The Hall–Kier alpha value is -2.69. The highest BCUT2D eigenvalue weighted by atomic mass is 127. The van der Waals surface area contributed by atoms with Gasteiger partial charge in [0, 0.05) is 32.2 Å². The number of nitrogens with zero attached hydrogens (tertiary/aromatic N) is 1. The molecule has 0 bridgehead atoms. The van der Waals surface area contributed by atoms with Crippen LogP contribution in [0.4, 0.5) is 5.69 Å². The van der Waals surface area contributed by atoms with Crippen LogP contribution in [0.15, 0.2) is 41.4 Å². The van der Waals surface area contributed by atoms with E-state index in [-0.39, 0.29) is 29.9 Å². The molecule has 2 aromatic rings. The van der Waals surface area contributed by atoms with E-state index in [1.807, 2.05) is 50.2 Å². The van der Waals surface area contributed by atoms with Gasteiger partial charge in [0.05, 0.1) is 21.3 Å². The number of amides is 1. The molecule has 0 radical (unpaired) electrons. The van der Waals surface area contributed by atoms with Crippen molar-refractivity contribution < 1.29 is 19.0 Å². The lowest BCUT2D eigenvalue weighted by atomic mass is 10.1. The first kappa shape index (κ1) is 28.3. The summed E-state index contributed by atoms with van der Waals surface area (Å²) >= 11 is 0. The molecule has 0 fully saturated rings. The van der Waals surface area contributed by atoms with E-state index in [4.69, 9.17) is 14.2 Å². The van der Waals surface area contributed by atoms with Gasteiger partial charge in [-0.15, -0.1) is 24.0 Å². The van der Waals surface area contributed by atoms with Crippen molar-refractivity contribution in [3.05, 3.63) is 47.5 Å². The summed E-state index contributed by atoms with van der Waals surface area (Å²) in [6.07, 6.45) is 0.500.